The molecule has 0 radical (unpaired) electrons. The predicted octanol–water partition coefficient (Wildman–Crippen LogP) is 4.52. The van der Waals surface area contributed by atoms with Crippen molar-refractivity contribution < 1.29 is 4.39 Å². The summed E-state index contributed by atoms with van der Waals surface area (Å²) in [5, 5.41) is 12.9. The zero-order valence-electron chi connectivity index (χ0n) is 14.9. The Morgan fingerprint density at radius 1 is 1.19 bits per heavy atom. The van der Waals surface area contributed by atoms with Crippen molar-refractivity contribution in [3.05, 3.63) is 63.7 Å². The van der Waals surface area contributed by atoms with Crippen LogP contribution in [0.2, 0.25) is 0 Å². The van der Waals surface area contributed by atoms with E-state index in [0.717, 1.165) is 53.5 Å². The first kappa shape index (κ1) is 17.2. The lowest BCUT2D eigenvalue weighted by atomic mass is 9.97. The Hall–Kier alpha value is -2.18. The molecule has 0 aliphatic heterocycles. The molecular formula is C20H21FN4S. The van der Waals surface area contributed by atoms with E-state index in [1.165, 1.54) is 22.6 Å². The van der Waals surface area contributed by atoms with Crippen LogP contribution in [0.3, 0.4) is 0 Å². The molecule has 1 unspecified atom stereocenters. The van der Waals surface area contributed by atoms with Gasteiger partial charge in [0.2, 0.25) is 0 Å². The number of halogens is 1. The lowest BCUT2D eigenvalue weighted by Crippen LogP contribution is -2.25. The summed E-state index contributed by atoms with van der Waals surface area (Å²) in [6.07, 6.45) is 3.31. The molecule has 1 atom stereocenters. The van der Waals surface area contributed by atoms with E-state index in [9.17, 15) is 4.39 Å². The quantitative estimate of drug-likeness (QED) is 0.735. The van der Waals surface area contributed by atoms with Gasteiger partial charge in [-0.15, -0.1) is 11.3 Å². The number of rotatable bonds is 4. The van der Waals surface area contributed by atoms with Crippen molar-refractivity contribution in [2.24, 2.45) is 0 Å². The van der Waals surface area contributed by atoms with Gasteiger partial charge in [-0.05, 0) is 69.0 Å². The Labute approximate surface area is 156 Å². The van der Waals surface area contributed by atoms with Crippen molar-refractivity contribution >= 4 is 11.3 Å². The molecule has 0 saturated carbocycles. The average Bonchev–Trinajstić information content (AvgIpc) is 3.08. The fourth-order valence-corrected chi connectivity index (χ4v) is 4.52. The van der Waals surface area contributed by atoms with Crippen molar-refractivity contribution in [2.75, 3.05) is 0 Å². The number of thiazole rings is 1. The van der Waals surface area contributed by atoms with E-state index in [-0.39, 0.29) is 11.9 Å². The maximum Gasteiger partial charge on any atom is 0.123 e. The molecule has 1 aromatic carbocycles. The summed E-state index contributed by atoms with van der Waals surface area (Å²) in [6, 6.07) is 8.93. The van der Waals surface area contributed by atoms with Gasteiger partial charge in [-0.2, -0.15) is 10.2 Å². The number of aryl methyl sites for hydroxylation is 3. The average molecular weight is 368 g/mol. The minimum absolute atomic E-state index is 0.216. The van der Waals surface area contributed by atoms with Crippen molar-refractivity contribution in [2.45, 2.75) is 45.7 Å². The van der Waals surface area contributed by atoms with Crippen LogP contribution in [0.15, 0.2) is 30.3 Å². The zero-order valence-corrected chi connectivity index (χ0v) is 15.7. The van der Waals surface area contributed by atoms with Crippen LogP contribution >= 0.6 is 11.3 Å². The topological polar surface area (TPSA) is 50.7 Å². The van der Waals surface area contributed by atoms with Gasteiger partial charge in [-0.25, -0.2) is 9.37 Å². The van der Waals surface area contributed by atoms with E-state index < -0.39 is 0 Å². The summed E-state index contributed by atoms with van der Waals surface area (Å²) in [5.41, 5.74) is 5.21. The minimum Gasteiger partial charge on any atom is -0.304 e. The summed E-state index contributed by atoms with van der Waals surface area (Å²) in [6.45, 7) is 4.71. The Kier molecular flexibility index (Phi) is 4.78. The maximum absolute atomic E-state index is 13.2. The Bertz CT molecular complexity index is 920. The number of hydrogen-bond acceptors (Lipinski definition) is 5. The summed E-state index contributed by atoms with van der Waals surface area (Å²) in [4.78, 5) is 6.23. The third kappa shape index (κ3) is 3.52. The van der Waals surface area contributed by atoms with Gasteiger partial charge in [0.05, 0.1) is 23.1 Å². The van der Waals surface area contributed by atoms with Gasteiger partial charge < -0.3 is 5.32 Å². The highest BCUT2D eigenvalue weighted by Crippen LogP contribution is 2.37. The zero-order chi connectivity index (χ0) is 18.1. The van der Waals surface area contributed by atoms with Crippen LogP contribution in [0.4, 0.5) is 4.39 Å². The molecule has 2 heterocycles. The fourth-order valence-electron chi connectivity index (χ4n) is 3.35. The maximum atomic E-state index is 13.2. The molecule has 6 heteroatoms. The first-order valence-corrected chi connectivity index (χ1v) is 9.70. The molecule has 134 valence electrons. The van der Waals surface area contributed by atoms with Crippen LogP contribution < -0.4 is 5.32 Å². The van der Waals surface area contributed by atoms with E-state index in [4.69, 9.17) is 4.98 Å². The fraction of sp³-hybridized carbons (Fsp3) is 0.350. The highest BCUT2D eigenvalue weighted by molar-refractivity contribution is 7.15. The second-order valence-corrected chi connectivity index (χ2v) is 7.84. The first-order chi connectivity index (χ1) is 12.6. The highest BCUT2D eigenvalue weighted by Gasteiger charge is 2.25. The molecule has 1 aliphatic rings. The summed E-state index contributed by atoms with van der Waals surface area (Å²) >= 11 is 1.73. The standard InChI is InChI=1S/C20H21FN4S/c1-12-10-15(13(2)25-24-12)11-22-17-4-3-5-18-19(17)23-20(26-18)14-6-8-16(21)9-7-14/h6-10,17,22H,3-5,11H2,1-2H3. The summed E-state index contributed by atoms with van der Waals surface area (Å²) in [5.74, 6) is -0.216. The SMILES string of the molecule is Cc1cc(CNC2CCCc3sc(-c4ccc(F)cc4)nc32)c(C)nn1. The number of nitrogens with one attached hydrogen (secondary N) is 1. The molecule has 4 nitrogen and oxygen atoms in total. The van der Waals surface area contributed by atoms with Crippen LogP contribution in [0.25, 0.3) is 10.6 Å². The summed E-state index contributed by atoms with van der Waals surface area (Å²) < 4.78 is 13.2. The van der Waals surface area contributed by atoms with Crippen LogP contribution in [-0.2, 0) is 13.0 Å². The second kappa shape index (κ2) is 7.21. The van der Waals surface area contributed by atoms with E-state index in [2.05, 4.69) is 21.6 Å². The van der Waals surface area contributed by atoms with Crippen LogP contribution in [0.1, 0.15) is 46.4 Å². The monoisotopic (exact) mass is 368 g/mol. The van der Waals surface area contributed by atoms with E-state index in [1.54, 1.807) is 23.5 Å². The molecule has 0 saturated heterocycles. The van der Waals surface area contributed by atoms with Gasteiger partial charge in [0.25, 0.3) is 0 Å². The highest BCUT2D eigenvalue weighted by atomic mass is 32.1. The molecule has 0 spiro atoms. The van der Waals surface area contributed by atoms with Gasteiger partial charge in [0, 0.05) is 17.0 Å². The minimum atomic E-state index is -0.216. The Balaban J connectivity index is 1.55. The van der Waals surface area contributed by atoms with Gasteiger partial charge in [0.1, 0.15) is 10.8 Å². The first-order valence-electron chi connectivity index (χ1n) is 8.89. The normalized spacial score (nSPS) is 16.5. The number of nitrogens with zero attached hydrogens (tertiary/aromatic N) is 3. The molecule has 26 heavy (non-hydrogen) atoms. The third-order valence-electron chi connectivity index (χ3n) is 4.79. The second-order valence-electron chi connectivity index (χ2n) is 6.76. The van der Waals surface area contributed by atoms with Gasteiger partial charge in [0.15, 0.2) is 0 Å². The molecular weight excluding hydrogens is 347 g/mol. The third-order valence-corrected chi connectivity index (χ3v) is 5.97. The van der Waals surface area contributed by atoms with Crippen LogP contribution in [-0.4, -0.2) is 15.2 Å². The van der Waals surface area contributed by atoms with Crippen LogP contribution in [0.5, 0.6) is 0 Å². The van der Waals surface area contributed by atoms with E-state index in [1.807, 2.05) is 13.8 Å². The number of hydrogen-bond donors (Lipinski definition) is 1. The lowest BCUT2D eigenvalue weighted by molar-refractivity contribution is 0.452. The van der Waals surface area contributed by atoms with E-state index >= 15 is 0 Å². The van der Waals surface area contributed by atoms with Crippen molar-refractivity contribution in [1.29, 1.82) is 0 Å². The molecule has 4 rings (SSSR count). The Morgan fingerprint density at radius 3 is 2.81 bits per heavy atom. The number of aromatic nitrogens is 3. The Morgan fingerprint density at radius 2 is 2.00 bits per heavy atom. The lowest BCUT2D eigenvalue weighted by Gasteiger charge is -2.22. The van der Waals surface area contributed by atoms with Crippen molar-refractivity contribution in [3.63, 3.8) is 0 Å². The predicted molar refractivity (Wildman–Crippen MR) is 102 cm³/mol. The molecule has 1 aliphatic carbocycles. The van der Waals surface area contributed by atoms with Gasteiger partial charge >= 0.3 is 0 Å². The molecule has 2 aromatic heterocycles. The largest absolute Gasteiger partial charge is 0.304 e. The molecule has 0 fully saturated rings. The molecule has 1 N–H and O–H groups in total. The number of benzene rings is 1. The number of fused-ring (bicyclic) bond motifs is 1. The van der Waals surface area contributed by atoms with Crippen LogP contribution in [0, 0.1) is 19.7 Å². The molecule has 0 amide bonds. The van der Waals surface area contributed by atoms with Crippen molar-refractivity contribution in [3.8, 4) is 10.6 Å². The van der Waals surface area contributed by atoms with Gasteiger partial charge in [-0.1, -0.05) is 0 Å². The smallest absolute Gasteiger partial charge is 0.123 e. The molecule has 0 bridgehead atoms. The van der Waals surface area contributed by atoms with Gasteiger partial charge in [-0.3, -0.25) is 0 Å². The summed E-state index contributed by atoms with van der Waals surface area (Å²) in [7, 11) is 0. The van der Waals surface area contributed by atoms with Crippen molar-refractivity contribution in [1.82, 2.24) is 20.5 Å². The van der Waals surface area contributed by atoms with E-state index in [0.29, 0.717) is 0 Å². The molecule has 3 aromatic rings.